The van der Waals surface area contributed by atoms with Crippen molar-refractivity contribution in [2.24, 2.45) is 5.92 Å². The first-order valence-corrected chi connectivity index (χ1v) is 18.3. The summed E-state index contributed by atoms with van der Waals surface area (Å²) in [6.45, 7) is 4.74. The van der Waals surface area contributed by atoms with Crippen LogP contribution in [0.5, 0.6) is 0 Å². The summed E-state index contributed by atoms with van der Waals surface area (Å²) >= 11 is 6.02. The first-order valence-electron chi connectivity index (χ1n) is 16.3. The van der Waals surface area contributed by atoms with Crippen molar-refractivity contribution in [2.75, 3.05) is 26.0 Å². The number of methoxy groups -OCH3 is 1. The van der Waals surface area contributed by atoms with Crippen molar-refractivity contribution >= 4 is 33.5 Å². The fourth-order valence-corrected chi connectivity index (χ4v) is 9.59. The van der Waals surface area contributed by atoms with Crippen molar-refractivity contribution < 1.29 is 36.3 Å². The highest BCUT2D eigenvalue weighted by molar-refractivity contribution is 7.89. The Kier molecular flexibility index (Phi) is 11.6. The van der Waals surface area contributed by atoms with Crippen molar-refractivity contribution in [1.29, 1.82) is 0 Å². The number of amides is 1. The number of rotatable bonds is 10. The third-order valence-corrected chi connectivity index (χ3v) is 12.1. The monoisotopic (exact) mass is 695 g/mol. The summed E-state index contributed by atoms with van der Waals surface area (Å²) in [4.78, 5) is 27.0. The molecule has 3 aliphatic rings. The Morgan fingerprint density at radius 2 is 1.89 bits per heavy atom. The Labute approximate surface area is 280 Å². The van der Waals surface area contributed by atoms with Gasteiger partial charge in [0.25, 0.3) is 0 Å². The number of carbonyl (C=O) groups excluding carboxylic acids is 2. The van der Waals surface area contributed by atoms with Gasteiger partial charge in [0, 0.05) is 37.5 Å². The second kappa shape index (κ2) is 15.3. The lowest BCUT2D eigenvalue weighted by molar-refractivity contribution is -0.122. The van der Waals surface area contributed by atoms with Crippen LogP contribution in [0.25, 0.3) is 0 Å². The van der Waals surface area contributed by atoms with Crippen molar-refractivity contribution in [3.63, 3.8) is 0 Å². The van der Waals surface area contributed by atoms with Crippen molar-refractivity contribution in [3.8, 4) is 0 Å². The molecule has 0 radical (unpaired) electrons. The number of nitrogens with zero attached hydrogens (tertiary/aromatic N) is 1. The molecular formula is C34H44ClF2N3O6S. The smallest absolute Gasteiger partial charge is 0.407 e. The molecule has 0 spiro atoms. The zero-order chi connectivity index (χ0) is 33.9. The van der Waals surface area contributed by atoms with E-state index in [-0.39, 0.29) is 53.8 Å². The van der Waals surface area contributed by atoms with Crippen LogP contribution in [0, 0.1) is 17.6 Å². The Balaban J connectivity index is 1.44. The number of carbonyl (C=O) groups is 2. The number of sulfonamides is 1. The van der Waals surface area contributed by atoms with Crippen LogP contribution in [0.2, 0.25) is 5.02 Å². The van der Waals surface area contributed by atoms with E-state index in [0.717, 1.165) is 6.42 Å². The highest BCUT2D eigenvalue weighted by Gasteiger charge is 2.41. The topological polar surface area (TPSA) is 114 Å². The van der Waals surface area contributed by atoms with Crippen LogP contribution in [-0.2, 0) is 37.1 Å². The maximum absolute atomic E-state index is 15.5. The summed E-state index contributed by atoms with van der Waals surface area (Å²) in [6.07, 6.45) is 1.79. The molecule has 5 rings (SSSR count). The SMILES string of the molecule is COC(=O)N[C@H](C(=O)Cc1cccc(F)c1CC[C@H]1CN[C@@H]2CCCS(=O)(=O)N1C2)[C@@H](c1ccc(Cl)c(F)c1)C1C[C@@H](C)O[C@@H](C)C1. The second-order valence-corrected chi connectivity index (χ2v) is 15.6. The molecule has 2 N–H and O–H groups in total. The molecule has 0 aromatic heterocycles. The van der Waals surface area contributed by atoms with Crippen molar-refractivity contribution in [2.45, 2.75) is 95.0 Å². The number of ether oxygens (including phenoxy) is 2. The number of hydrogen-bond acceptors (Lipinski definition) is 7. The molecule has 3 aliphatic heterocycles. The normalized spacial score (nSPS) is 28.5. The van der Waals surface area contributed by atoms with Gasteiger partial charge in [0.2, 0.25) is 10.0 Å². The van der Waals surface area contributed by atoms with Gasteiger partial charge in [-0.1, -0.05) is 29.8 Å². The first kappa shape index (κ1) is 35.7. The summed E-state index contributed by atoms with van der Waals surface area (Å²) < 4.78 is 68.7. The van der Waals surface area contributed by atoms with Gasteiger partial charge in [-0.3, -0.25) is 4.79 Å². The molecule has 13 heteroatoms. The molecule has 2 bridgehead atoms. The zero-order valence-electron chi connectivity index (χ0n) is 27.0. The quantitative estimate of drug-likeness (QED) is 0.354. The van der Waals surface area contributed by atoms with Gasteiger partial charge in [0.05, 0.1) is 36.1 Å². The van der Waals surface area contributed by atoms with E-state index in [9.17, 15) is 22.4 Å². The van der Waals surface area contributed by atoms with Gasteiger partial charge >= 0.3 is 6.09 Å². The fraction of sp³-hybridized carbons (Fsp3) is 0.588. The molecule has 2 aromatic carbocycles. The minimum atomic E-state index is -3.42. The number of ketones is 1. The molecule has 3 heterocycles. The van der Waals surface area contributed by atoms with Crippen molar-refractivity contribution in [3.05, 3.63) is 69.7 Å². The Bertz CT molecular complexity index is 1550. The Morgan fingerprint density at radius 3 is 2.60 bits per heavy atom. The third-order valence-electron chi connectivity index (χ3n) is 9.81. The summed E-state index contributed by atoms with van der Waals surface area (Å²) in [7, 11) is -2.22. The van der Waals surface area contributed by atoms with Crippen LogP contribution in [0.4, 0.5) is 13.6 Å². The molecule has 47 heavy (non-hydrogen) atoms. The van der Waals surface area contributed by atoms with Gasteiger partial charge in [-0.2, -0.15) is 4.31 Å². The molecule has 0 saturated carbocycles. The maximum atomic E-state index is 15.5. The van der Waals surface area contributed by atoms with Gasteiger partial charge in [0.15, 0.2) is 5.78 Å². The minimum Gasteiger partial charge on any atom is -0.453 e. The molecular weight excluding hydrogens is 652 g/mol. The molecule has 2 aromatic rings. The Morgan fingerprint density at radius 1 is 1.15 bits per heavy atom. The minimum absolute atomic E-state index is 0.0638. The predicted octanol–water partition coefficient (Wildman–Crippen LogP) is 5.14. The molecule has 1 amide bonds. The highest BCUT2D eigenvalue weighted by Crippen LogP contribution is 2.40. The van der Waals surface area contributed by atoms with Crippen LogP contribution < -0.4 is 10.6 Å². The van der Waals surface area contributed by atoms with Gasteiger partial charge in [-0.05, 0) is 93.2 Å². The number of piperazine rings is 1. The van der Waals surface area contributed by atoms with Gasteiger partial charge in [0.1, 0.15) is 11.6 Å². The number of benzene rings is 2. The predicted molar refractivity (Wildman–Crippen MR) is 175 cm³/mol. The second-order valence-electron chi connectivity index (χ2n) is 13.1. The number of halogens is 3. The lowest BCUT2D eigenvalue weighted by Gasteiger charge is -2.40. The lowest BCUT2D eigenvalue weighted by atomic mass is 9.72. The average Bonchev–Trinajstić information content (AvgIpc) is 3.13. The number of Topliss-reactive ketones (excluding diaryl/α,β-unsaturated/α-hetero) is 1. The van der Waals surface area contributed by atoms with Gasteiger partial charge in [-0.15, -0.1) is 0 Å². The summed E-state index contributed by atoms with van der Waals surface area (Å²) in [5, 5.41) is 6.09. The van der Waals surface area contributed by atoms with E-state index < -0.39 is 45.5 Å². The third kappa shape index (κ3) is 8.51. The van der Waals surface area contributed by atoms with Crippen LogP contribution in [0.3, 0.4) is 0 Å². The lowest BCUT2D eigenvalue weighted by Crippen LogP contribution is -2.57. The van der Waals surface area contributed by atoms with E-state index in [1.165, 1.54) is 31.4 Å². The first-order chi connectivity index (χ1) is 22.4. The van der Waals surface area contributed by atoms with E-state index in [1.807, 2.05) is 13.8 Å². The van der Waals surface area contributed by atoms with E-state index in [1.54, 1.807) is 16.4 Å². The molecule has 0 aliphatic carbocycles. The number of hydrogen-bond donors (Lipinski definition) is 2. The summed E-state index contributed by atoms with van der Waals surface area (Å²) in [6, 6.07) is 7.56. The Hall–Kier alpha value is -2.64. The number of nitrogens with one attached hydrogen (secondary N) is 2. The molecule has 258 valence electrons. The standard InChI is InChI=1S/C34H44ClF2N3O6S/c1-20-14-24(15-21(2)46-20)32(23-9-12-28(35)30(37)16-23)33(39-34(42)45-3)31(41)17-22-6-4-8-29(36)27(22)11-10-26-18-38-25-7-5-13-47(43,44)40(26)19-25/h4,6,8-9,12,16,20-21,24-26,32-33,38H,5,7,10-11,13-15,17-19H2,1-3H3,(H,39,42)/t20-,21+,24?,25-,26+,32+,33-/m1/s1. The molecule has 9 nitrogen and oxygen atoms in total. The largest absolute Gasteiger partial charge is 0.453 e. The van der Waals surface area contributed by atoms with Crippen LogP contribution in [-0.4, -0.2) is 80.9 Å². The highest BCUT2D eigenvalue weighted by atomic mass is 35.5. The number of alkyl carbamates (subject to hydrolysis) is 1. The molecule has 3 fully saturated rings. The zero-order valence-corrected chi connectivity index (χ0v) is 28.6. The summed E-state index contributed by atoms with van der Waals surface area (Å²) in [5.41, 5.74) is 1.27. The molecule has 2 unspecified atom stereocenters. The van der Waals surface area contributed by atoms with Crippen molar-refractivity contribution in [1.82, 2.24) is 14.9 Å². The van der Waals surface area contributed by atoms with E-state index in [4.69, 9.17) is 21.1 Å². The van der Waals surface area contributed by atoms with E-state index in [2.05, 4.69) is 10.6 Å². The van der Waals surface area contributed by atoms with E-state index >= 15 is 4.39 Å². The van der Waals surface area contributed by atoms with Crippen LogP contribution in [0.15, 0.2) is 36.4 Å². The fourth-order valence-electron chi connectivity index (χ4n) is 7.67. The average molecular weight is 696 g/mol. The van der Waals surface area contributed by atoms with Crippen LogP contribution in [0.1, 0.15) is 68.6 Å². The van der Waals surface area contributed by atoms with Gasteiger partial charge < -0.3 is 20.1 Å². The molecule has 8 atom stereocenters. The molecule has 3 saturated heterocycles. The van der Waals surface area contributed by atoms with E-state index in [0.29, 0.717) is 55.5 Å². The van der Waals surface area contributed by atoms with Gasteiger partial charge in [-0.25, -0.2) is 22.0 Å². The number of fused-ring (bicyclic) bond motifs is 2. The van der Waals surface area contributed by atoms with Crippen LogP contribution >= 0.6 is 11.6 Å². The summed E-state index contributed by atoms with van der Waals surface area (Å²) in [5.74, 6) is -2.27. The maximum Gasteiger partial charge on any atom is 0.407 e.